The van der Waals surface area contributed by atoms with Gasteiger partial charge in [-0.15, -0.1) is 0 Å². The highest BCUT2D eigenvalue weighted by Gasteiger charge is 2.21. The molecule has 0 bridgehead atoms. The smallest absolute Gasteiger partial charge is 0.261 e. The molecule has 146 valence electrons. The molecule has 1 amide bonds. The second kappa shape index (κ2) is 8.86. The van der Waals surface area contributed by atoms with Gasteiger partial charge in [-0.2, -0.15) is 5.10 Å². The fraction of sp³-hybridized carbons (Fsp3) is 0.250. The molecule has 1 N–H and O–H groups in total. The van der Waals surface area contributed by atoms with E-state index in [9.17, 15) is 4.79 Å². The van der Waals surface area contributed by atoms with Crippen LogP contribution in [0, 0.1) is 6.92 Å². The zero-order chi connectivity index (χ0) is 20.1. The Morgan fingerprint density at radius 3 is 2.64 bits per heavy atom. The fourth-order valence-electron chi connectivity index (χ4n) is 2.72. The normalized spacial score (nSPS) is 10.7. The average molecular weight is 400 g/mol. The van der Waals surface area contributed by atoms with Crippen molar-refractivity contribution in [2.75, 3.05) is 37.5 Å². The molecule has 2 aromatic heterocycles. The van der Waals surface area contributed by atoms with Gasteiger partial charge in [-0.1, -0.05) is 29.8 Å². The molecular formula is C20H22ClN5O2. The Labute approximate surface area is 168 Å². The van der Waals surface area contributed by atoms with Crippen molar-refractivity contribution in [1.82, 2.24) is 14.8 Å². The summed E-state index contributed by atoms with van der Waals surface area (Å²) in [7, 11) is 3.62. The summed E-state index contributed by atoms with van der Waals surface area (Å²) in [5.41, 5.74) is 2.59. The molecule has 0 unspecified atom stereocenters. The lowest BCUT2D eigenvalue weighted by Crippen LogP contribution is -2.22. The molecule has 1 aromatic carbocycles. The summed E-state index contributed by atoms with van der Waals surface area (Å²) < 4.78 is 6.62. The van der Waals surface area contributed by atoms with Crippen molar-refractivity contribution in [2.24, 2.45) is 0 Å². The number of methoxy groups -OCH3 is 1. The van der Waals surface area contributed by atoms with E-state index in [1.807, 2.05) is 48.3 Å². The number of amides is 1. The van der Waals surface area contributed by atoms with E-state index >= 15 is 0 Å². The number of aryl methyl sites for hydroxylation is 1. The van der Waals surface area contributed by atoms with Crippen LogP contribution in [0.15, 0.2) is 48.7 Å². The molecule has 0 aliphatic rings. The van der Waals surface area contributed by atoms with E-state index in [0.29, 0.717) is 23.7 Å². The van der Waals surface area contributed by atoms with Gasteiger partial charge in [0.1, 0.15) is 16.5 Å². The number of halogens is 1. The molecule has 0 spiro atoms. The number of pyridine rings is 1. The molecule has 0 aliphatic heterocycles. The molecule has 0 aliphatic carbocycles. The number of rotatable bonds is 7. The van der Waals surface area contributed by atoms with Crippen molar-refractivity contribution < 1.29 is 9.53 Å². The van der Waals surface area contributed by atoms with Crippen LogP contribution in [0.3, 0.4) is 0 Å². The Morgan fingerprint density at radius 1 is 1.25 bits per heavy atom. The topological polar surface area (TPSA) is 72.3 Å². The molecule has 28 heavy (non-hydrogen) atoms. The van der Waals surface area contributed by atoms with E-state index in [1.54, 1.807) is 31.0 Å². The van der Waals surface area contributed by atoms with Gasteiger partial charge in [0.05, 0.1) is 29.9 Å². The molecule has 0 saturated heterocycles. The monoisotopic (exact) mass is 399 g/mol. The van der Waals surface area contributed by atoms with Crippen molar-refractivity contribution in [1.29, 1.82) is 0 Å². The van der Waals surface area contributed by atoms with Gasteiger partial charge in [-0.25, -0.2) is 9.67 Å². The Morgan fingerprint density at radius 2 is 2.00 bits per heavy atom. The van der Waals surface area contributed by atoms with Crippen LogP contribution in [0.1, 0.15) is 16.1 Å². The van der Waals surface area contributed by atoms with Gasteiger partial charge in [0.15, 0.2) is 0 Å². The van der Waals surface area contributed by atoms with Gasteiger partial charge in [0.2, 0.25) is 0 Å². The number of aromatic nitrogens is 3. The number of likely N-dealkylation sites (N-methyl/N-ethyl adjacent to an activating group) is 1. The van der Waals surface area contributed by atoms with E-state index in [2.05, 4.69) is 15.4 Å². The highest BCUT2D eigenvalue weighted by molar-refractivity contribution is 6.34. The van der Waals surface area contributed by atoms with Crippen molar-refractivity contribution in [3.05, 3.63) is 65.1 Å². The molecule has 7 nitrogen and oxygen atoms in total. The van der Waals surface area contributed by atoms with Crippen molar-refractivity contribution in [3.8, 4) is 5.69 Å². The number of anilines is 2. The molecule has 3 aromatic rings. The van der Waals surface area contributed by atoms with Gasteiger partial charge >= 0.3 is 0 Å². The van der Waals surface area contributed by atoms with Gasteiger partial charge < -0.3 is 15.0 Å². The molecule has 0 atom stereocenters. The Bertz CT molecular complexity index is 941. The van der Waals surface area contributed by atoms with Crippen LogP contribution in [-0.2, 0) is 4.74 Å². The minimum absolute atomic E-state index is 0.261. The number of ether oxygens (including phenoxy) is 1. The summed E-state index contributed by atoms with van der Waals surface area (Å²) in [6.45, 7) is 3.12. The number of hydrogen-bond donors (Lipinski definition) is 1. The summed E-state index contributed by atoms with van der Waals surface area (Å²) in [4.78, 5) is 19.1. The summed E-state index contributed by atoms with van der Waals surface area (Å²) in [5, 5.41) is 7.44. The third kappa shape index (κ3) is 4.32. The number of benzene rings is 1. The molecule has 3 rings (SSSR count). The third-order valence-electron chi connectivity index (χ3n) is 4.29. The number of carbonyl (C=O) groups is 1. The maximum absolute atomic E-state index is 12.7. The van der Waals surface area contributed by atoms with Crippen LogP contribution >= 0.6 is 11.6 Å². The lowest BCUT2D eigenvalue weighted by atomic mass is 10.2. The van der Waals surface area contributed by atoms with Crippen molar-refractivity contribution >= 4 is 29.0 Å². The molecule has 2 heterocycles. The average Bonchev–Trinajstić information content (AvgIpc) is 3.01. The lowest BCUT2D eigenvalue weighted by Gasteiger charge is -2.18. The summed E-state index contributed by atoms with van der Waals surface area (Å²) in [6, 6.07) is 13.1. The zero-order valence-electron chi connectivity index (χ0n) is 16.0. The second-order valence-electron chi connectivity index (χ2n) is 6.27. The first kappa shape index (κ1) is 19.9. The van der Waals surface area contributed by atoms with Crippen LogP contribution in [0.5, 0.6) is 0 Å². The highest BCUT2D eigenvalue weighted by atomic mass is 35.5. The Hall–Kier alpha value is -2.90. The Kier molecular flexibility index (Phi) is 6.28. The second-order valence-corrected chi connectivity index (χ2v) is 6.63. The van der Waals surface area contributed by atoms with Crippen molar-refractivity contribution in [2.45, 2.75) is 6.92 Å². The van der Waals surface area contributed by atoms with Crippen LogP contribution in [0.25, 0.3) is 5.69 Å². The number of nitrogens with one attached hydrogen (secondary N) is 1. The predicted molar refractivity (Wildman–Crippen MR) is 111 cm³/mol. The first-order valence-electron chi connectivity index (χ1n) is 8.79. The van der Waals surface area contributed by atoms with Crippen LogP contribution < -0.4 is 10.2 Å². The SMILES string of the molecule is COCCN(C)c1ccc(NC(=O)c2c(C)nn(-c3ccccc3)c2Cl)nc1. The number of hydrogen-bond acceptors (Lipinski definition) is 5. The highest BCUT2D eigenvalue weighted by Crippen LogP contribution is 2.24. The minimum Gasteiger partial charge on any atom is -0.383 e. The summed E-state index contributed by atoms with van der Waals surface area (Å²) in [5.74, 6) is 0.0921. The zero-order valence-corrected chi connectivity index (χ0v) is 16.8. The van der Waals surface area contributed by atoms with Gasteiger partial charge in [0, 0.05) is 20.7 Å². The van der Waals surface area contributed by atoms with E-state index in [-0.39, 0.29) is 11.1 Å². The number of nitrogens with zero attached hydrogens (tertiary/aromatic N) is 4. The summed E-state index contributed by atoms with van der Waals surface area (Å²) in [6.07, 6.45) is 1.70. The predicted octanol–water partition coefficient (Wildman–Crippen LogP) is 3.56. The van der Waals surface area contributed by atoms with Gasteiger partial charge in [0.25, 0.3) is 5.91 Å². The molecular weight excluding hydrogens is 378 g/mol. The Balaban J connectivity index is 1.76. The van der Waals surface area contributed by atoms with Crippen LogP contribution in [-0.4, -0.2) is 48.0 Å². The fourth-order valence-corrected chi connectivity index (χ4v) is 3.08. The maximum Gasteiger partial charge on any atom is 0.261 e. The number of para-hydroxylation sites is 1. The molecule has 0 fully saturated rings. The van der Waals surface area contributed by atoms with Gasteiger partial charge in [-0.05, 0) is 31.2 Å². The van der Waals surface area contributed by atoms with Crippen LogP contribution in [0.4, 0.5) is 11.5 Å². The maximum atomic E-state index is 12.7. The minimum atomic E-state index is -0.349. The van der Waals surface area contributed by atoms with Crippen molar-refractivity contribution in [3.63, 3.8) is 0 Å². The molecule has 0 radical (unpaired) electrons. The van der Waals surface area contributed by atoms with E-state index in [1.165, 1.54) is 0 Å². The van der Waals surface area contributed by atoms with E-state index < -0.39 is 0 Å². The van der Waals surface area contributed by atoms with Gasteiger partial charge in [-0.3, -0.25) is 4.79 Å². The number of carbonyl (C=O) groups excluding carboxylic acids is 1. The third-order valence-corrected chi connectivity index (χ3v) is 4.64. The quantitative estimate of drug-likeness (QED) is 0.657. The summed E-state index contributed by atoms with van der Waals surface area (Å²) >= 11 is 6.44. The largest absolute Gasteiger partial charge is 0.383 e. The standard InChI is InChI=1S/C20H22ClN5O2/c1-14-18(19(21)26(24-14)15-7-5-4-6-8-15)20(27)23-17-10-9-16(13-22-17)25(2)11-12-28-3/h4-10,13H,11-12H2,1-3H3,(H,22,23,27). The molecule has 8 heteroatoms. The van der Waals surface area contributed by atoms with Crippen LogP contribution in [0.2, 0.25) is 5.15 Å². The lowest BCUT2D eigenvalue weighted by molar-refractivity contribution is 0.102. The molecule has 0 saturated carbocycles. The van der Waals surface area contributed by atoms with E-state index in [4.69, 9.17) is 16.3 Å². The first-order chi connectivity index (χ1) is 13.5. The first-order valence-corrected chi connectivity index (χ1v) is 9.17. The van der Waals surface area contributed by atoms with E-state index in [0.717, 1.165) is 17.9 Å².